The molecule has 0 saturated carbocycles. The van der Waals surface area contributed by atoms with Crippen LogP contribution in [0.1, 0.15) is 18.1 Å². The van der Waals surface area contributed by atoms with E-state index in [1.165, 1.54) is 6.07 Å². The summed E-state index contributed by atoms with van der Waals surface area (Å²) in [6.45, 7) is -0.165. The fourth-order valence-corrected chi connectivity index (χ4v) is 1.70. The van der Waals surface area contributed by atoms with E-state index in [1.54, 1.807) is 12.1 Å². The summed E-state index contributed by atoms with van der Waals surface area (Å²) in [5.41, 5.74) is 0.205. The Morgan fingerprint density at radius 1 is 1.46 bits per heavy atom. The molecule has 0 aliphatic heterocycles. The van der Waals surface area contributed by atoms with Gasteiger partial charge in [0.1, 0.15) is 5.82 Å². The summed E-state index contributed by atoms with van der Waals surface area (Å²) in [6, 6.07) is 4.48. The number of hydrogen-bond acceptors (Lipinski definition) is 2. The van der Waals surface area contributed by atoms with Crippen molar-refractivity contribution < 1.29 is 14.6 Å². The standard InChI is InChI=1S/C9H10BrFO2/c10-6-2-1-3-7(11)9(6)8(13)4-5-12/h1-3,8,12-13H,4-5H2. The Bertz CT molecular complexity index is 271. The summed E-state index contributed by atoms with van der Waals surface area (Å²) >= 11 is 3.14. The van der Waals surface area contributed by atoms with Gasteiger partial charge in [0.2, 0.25) is 0 Å². The molecule has 1 unspecified atom stereocenters. The smallest absolute Gasteiger partial charge is 0.130 e. The molecular formula is C9H10BrFO2. The van der Waals surface area contributed by atoms with Gasteiger partial charge in [0.05, 0.1) is 6.10 Å². The molecule has 1 rings (SSSR count). The third-order valence-corrected chi connectivity index (χ3v) is 2.43. The van der Waals surface area contributed by atoms with E-state index in [9.17, 15) is 9.50 Å². The molecule has 0 spiro atoms. The van der Waals surface area contributed by atoms with Crippen molar-refractivity contribution in [3.63, 3.8) is 0 Å². The lowest BCUT2D eigenvalue weighted by Crippen LogP contribution is -2.03. The summed E-state index contributed by atoms with van der Waals surface area (Å²) < 4.78 is 13.7. The molecular weight excluding hydrogens is 239 g/mol. The number of benzene rings is 1. The molecule has 0 aliphatic rings. The topological polar surface area (TPSA) is 40.5 Å². The molecule has 0 bridgehead atoms. The molecule has 0 heterocycles. The first-order valence-corrected chi connectivity index (χ1v) is 4.69. The molecule has 0 fully saturated rings. The van der Waals surface area contributed by atoms with Crippen LogP contribution in [0.5, 0.6) is 0 Å². The third kappa shape index (κ3) is 2.49. The normalized spacial score (nSPS) is 12.9. The Morgan fingerprint density at radius 2 is 2.15 bits per heavy atom. The van der Waals surface area contributed by atoms with Gasteiger partial charge in [0.15, 0.2) is 0 Å². The number of halogens is 2. The Kier molecular flexibility index (Phi) is 3.84. The first-order valence-electron chi connectivity index (χ1n) is 3.89. The minimum absolute atomic E-state index is 0.138. The third-order valence-electron chi connectivity index (χ3n) is 1.74. The van der Waals surface area contributed by atoms with Crippen molar-refractivity contribution in [2.75, 3.05) is 6.61 Å². The molecule has 0 radical (unpaired) electrons. The van der Waals surface area contributed by atoms with Crippen molar-refractivity contribution >= 4 is 15.9 Å². The zero-order valence-electron chi connectivity index (χ0n) is 6.87. The van der Waals surface area contributed by atoms with Crippen LogP contribution in [0.2, 0.25) is 0 Å². The lowest BCUT2D eigenvalue weighted by atomic mass is 10.1. The minimum Gasteiger partial charge on any atom is -0.396 e. The SMILES string of the molecule is OCCC(O)c1c(F)cccc1Br. The average Bonchev–Trinajstić information content (AvgIpc) is 2.04. The van der Waals surface area contributed by atoms with E-state index >= 15 is 0 Å². The van der Waals surface area contributed by atoms with Crippen molar-refractivity contribution in [1.29, 1.82) is 0 Å². The predicted octanol–water partition coefficient (Wildman–Crippen LogP) is 2.00. The molecule has 0 saturated heterocycles. The molecule has 0 aliphatic carbocycles. The fourth-order valence-electron chi connectivity index (χ4n) is 1.10. The van der Waals surface area contributed by atoms with E-state index in [-0.39, 0.29) is 18.6 Å². The highest BCUT2D eigenvalue weighted by molar-refractivity contribution is 9.10. The number of hydrogen-bond donors (Lipinski definition) is 2. The molecule has 0 aromatic heterocycles. The number of rotatable bonds is 3. The first kappa shape index (κ1) is 10.6. The maximum absolute atomic E-state index is 13.2. The van der Waals surface area contributed by atoms with Crippen LogP contribution < -0.4 is 0 Å². The van der Waals surface area contributed by atoms with Gasteiger partial charge in [-0.15, -0.1) is 0 Å². The van der Waals surface area contributed by atoms with E-state index in [2.05, 4.69) is 15.9 Å². The molecule has 1 aromatic rings. The lowest BCUT2D eigenvalue weighted by Gasteiger charge is -2.11. The van der Waals surface area contributed by atoms with E-state index in [4.69, 9.17) is 5.11 Å². The number of aliphatic hydroxyl groups is 2. The van der Waals surface area contributed by atoms with Gasteiger partial charge in [-0.2, -0.15) is 0 Å². The van der Waals surface area contributed by atoms with Crippen LogP contribution in [0, 0.1) is 5.82 Å². The first-order chi connectivity index (χ1) is 6.16. The summed E-state index contributed by atoms with van der Waals surface area (Å²) in [6.07, 6.45) is -0.819. The van der Waals surface area contributed by atoms with Crippen molar-refractivity contribution in [3.05, 3.63) is 34.1 Å². The maximum atomic E-state index is 13.2. The van der Waals surface area contributed by atoms with E-state index in [0.717, 1.165) is 0 Å². The van der Waals surface area contributed by atoms with E-state index in [0.29, 0.717) is 4.47 Å². The van der Waals surface area contributed by atoms with E-state index in [1.807, 2.05) is 0 Å². The van der Waals surface area contributed by atoms with Gasteiger partial charge in [-0.05, 0) is 12.1 Å². The molecule has 13 heavy (non-hydrogen) atoms. The Labute approximate surface area is 84.1 Å². The molecule has 2 nitrogen and oxygen atoms in total. The fraction of sp³-hybridized carbons (Fsp3) is 0.333. The van der Waals surface area contributed by atoms with Crippen LogP contribution in [-0.2, 0) is 0 Å². The van der Waals surface area contributed by atoms with Crippen LogP contribution in [0.25, 0.3) is 0 Å². The van der Waals surface area contributed by atoms with Crippen molar-refractivity contribution in [1.82, 2.24) is 0 Å². The molecule has 4 heteroatoms. The monoisotopic (exact) mass is 248 g/mol. The van der Waals surface area contributed by atoms with Gasteiger partial charge in [-0.25, -0.2) is 4.39 Å². The van der Waals surface area contributed by atoms with Gasteiger partial charge in [0.25, 0.3) is 0 Å². The summed E-state index contributed by atoms with van der Waals surface area (Å²) in [5, 5.41) is 18.0. The molecule has 1 aromatic carbocycles. The van der Waals surface area contributed by atoms with Crippen molar-refractivity contribution in [2.24, 2.45) is 0 Å². The van der Waals surface area contributed by atoms with E-state index < -0.39 is 11.9 Å². The highest BCUT2D eigenvalue weighted by atomic mass is 79.9. The maximum Gasteiger partial charge on any atom is 0.130 e. The quantitative estimate of drug-likeness (QED) is 0.860. The minimum atomic E-state index is -0.958. The van der Waals surface area contributed by atoms with Crippen LogP contribution in [0.3, 0.4) is 0 Å². The van der Waals surface area contributed by atoms with Gasteiger partial charge >= 0.3 is 0 Å². The van der Waals surface area contributed by atoms with Crippen molar-refractivity contribution in [2.45, 2.75) is 12.5 Å². The lowest BCUT2D eigenvalue weighted by molar-refractivity contribution is 0.130. The van der Waals surface area contributed by atoms with Gasteiger partial charge in [-0.1, -0.05) is 22.0 Å². The highest BCUT2D eigenvalue weighted by Crippen LogP contribution is 2.27. The van der Waals surface area contributed by atoms with Crippen LogP contribution >= 0.6 is 15.9 Å². The molecule has 0 amide bonds. The Balaban J connectivity index is 2.98. The Hall–Kier alpha value is -0.450. The van der Waals surface area contributed by atoms with Crippen LogP contribution in [0.15, 0.2) is 22.7 Å². The molecule has 2 N–H and O–H groups in total. The predicted molar refractivity (Wildman–Crippen MR) is 50.8 cm³/mol. The molecule has 1 atom stereocenters. The van der Waals surface area contributed by atoms with Crippen molar-refractivity contribution in [3.8, 4) is 0 Å². The highest BCUT2D eigenvalue weighted by Gasteiger charge is 2.14. The largest absolute Gasteiger partial charge is 0.396 e. The number of aliphatic hydroxyl groups excluding tert-OH is 2. The second-order valence-corrected chi connectivity index (χ2v) is 3.52. The van der Waals surface area contributed by atoms with Crippen LogP contribution in [0.4, 0.5) is 4.39 Å². The summed E-state index contributed by atoms with van der Waals surface area (Å²) in [7, 11) is 0. The zero-order chi connectivity index (χ0) is 9.84. The molecule has 72 valence electrons. The van der Waals surface area contributed by atoms with Gasteiger partial charge in [-0.3, -0.25) is 0 Å². The zero-order valence-corrected chi connectivity index (χ0v) is 8.46. The average molecular weight is 249 g/mol. The van der Waals surface area contributed by atoms with Gasteiger partial charge < -0.3 is 10.2 Å². The van der Waals surface area contributed by atoms with Crippen LogP contribution in [-0.4, -0.2) is 16.8 Å². The Morgan fingerprint density at radius 3 is 2.69 bits per heavy atom. The summed E-state index contributed by atoms with van der Waals surface area (Å²) in [4.78, 5) is 0. The second-order valence-electron chi connectivity index (χ2n) is 2.66. The summed E-state index contributed by atoms with van der Waals surface area (Å²) in [5.74, 6) is -0.463. The van der Waals surface area contributed by atoms with Gasteiger partial charge in [0, 0.05) is 23.1 Å². The second kappa shape index (κ2) is 4.69.